The van der Waals surface area contributed by atoms with E-state index in [1.807, 2.05) is 0 Å². The summed E-state index contributed by atoms with van der Waals surface area (Å²) in [6.07, 6.45) is 21.3. The van der Waals surface area contributed by atoms with Crippen LogP contribution in [0.25, 0.3) is 0 Å². The smallest absolute Gasteiger partial charge is 0.311 e. The molecule has 0 N–H and O–H groups in total. The normalized spacial score (nSPS) is 17.8. The lowest BCUT2D eigenvalue weighted by atomic mass is 9.96. The molecule has 2 unspecified atom stereocenters. The fraction of sp³-hybridized carbons (Fsp3) is 0.952. The van der Waals surface area contributed by atoms with Crippen molar-refractivity contribution in [2.75, 3.05) is 0 Å². The molecule has 0 spiro atoms. The van der Waals surface area contributed by atoms with Gasteiger partial charge in [0.2, 0.25) is 6.10 Å². The monoisotopic (exact) mass is 352 g/mol. The van der Waals surface area contributed by atoms with Crippen LogP contribution in [0.4, 0.5) is 0 Å². The molecule has 0 saturated heterocycles. The average molecular weight is 353 g/mol. The highest BCUT2D eigenvalue weighted by atomic mass is 16.7. The minimum Gasteiger partial charge on any atom is -0.365 e. The molecule has 1 heterocycles. The zero-order chi connectivity index (χ0) is 18.2. The zero-order valence-electron chi connectivity index (χ0n) is 16.7. The highest BCUT2D eigenvalue weighted by Gasteiger charge is 2.30. The third kappa shape index (κ3) is 11.3. The summed E-state index contributed by atoms with van der Waals surface area (Å²) in [5, 5.41) is 6.79. The van der Waals surface area contributed by atoms with Crippen LogP contribution in [-0.4, -0.2) is 12.0 Å². The van der Waals surface area contributed by atoms with Crippen LogP contribution >= 0.6 is 0 Å². The Labute approximate surface area is 155 Å². The quantitative estimate of drug-likeness (QED) is 0.260. The van der Waals surface area contributed by atoms with Gasteiger partial charge in [0, 0.05) is 11.2 Å². The topological polar surface area (TPSA) is 51.0 Å². The Balaban J connectivity index is 1.75. The lowest BCUT2D eigenvalue weighted by molar-refractivity contribution is -0.126. The Hall–Kier alpha value is -0.930. The lowest BCUT2D eigenvalue weighted by Crippen LogP contribution is -2.24. The molecule has 0 radical (unpaired) electrons. The Kier molecular flexibility index (Phi) is 13.6. The first-order chi connectivity index (χ1) is 12.3. The second kappa shape index (κ2) is 15.3. The average Bonchev–Trinajstić information content (AvgIpc) is 3.04. The molecule has 2 atom stereocenters. The summed E-state index contributed by atoms with van der Waals surface area (Å²) in [7, 11) is 0. The highest BCUT2D eigenvalue weighted by Crippen LogP contribution is 2.21. The number of rotatable bonds is 17. The number of unbranched alkanes of at least 4 members (excludes halogenated alkanes) is 14. The third-order valence-electron chi connectivity index (χ3n) is 5.32. The van der Waals surface area contributed by atoms with Gasteiger partial charge in [0.15, 0.2) is 0 Å². The standard InChI is InChI=1S/C21H40N2O2/c1-3-4-5-6-7-8-9-10-11-12-13-14-15-16-17-18-19(2)20-21(24)22-23-25-20/h19-20H,3-18H2,1-2H3. The first-order valence-corrected chi connectivity index (χ1v) is 10.9. The summed E-state index contributed by atoms with van der Waals surface area (Å²) in [6, 6.07) is 0. The zero-order valence-corrected chi connectivity index (χ0v) is 16.7. The summed E-state index contributed by atoms with van der Waals surface area (Å²) in [4.78, 5) is 16.4. The van der Waals surface area contributed by atoms with Crippen LogP contribution in [0.15, 0.2) is 10.4 Å². The molecule has 0 bridgehead atoms. The maximum absolute atomic E-state index is 11.4. The minimum absolute atomic E-state index is 0.214. The van der Waals surface area contributed by atoms with E-state index in [9.17, 15) is 4.79 Å². The Morgan fingerprint density at radius 2 is 1.24 bits per heavy atom. The van der Waals surface area contributed by atoms with Gasteiger partial charge in [-0.1, -0.05) is 115 Å². The van der Waals surface area contributed by atoms with Gasteiger partial charge in [0.05, 0.1) is 0 Å². The number of carbonyl (C=O) groups is 1. The second-order valence-corrected chi connectivity index (χ2v) is 7.76. The first-order valence-electron chi connectivity index (χ1n) is 10.9. The van der Waals surface area contributed by atoms with E-state index >= 15 is 0 Å². The highest BCUT2D eigenvalue weighted by molar-refractivity contribution is 5.82. The van der Waals surface area contributed by atoms with E-state index in [2.05, 4.69) is 24.2 Å². The van der Waals surface area contributed by atoms with Crippen LogP contribution < -0.4 is 0 Å². The molecule has 25 heavy (non-hydrogen) atoms. The predicted octanol–water partition coefficient (Wildman–Crippen LogP) is 7.18. The Morgan fingerprint density at radius 3 is 1.64 bits per heavy atom. The van der Waals surface area contributed by atoms with Crippen molar-refractivity contribution in [3.05, 3.63) is 0 Å². The summed E-state index contributed by atoms with van der Waals surface area (Å²) in [6.45, 7) is 4.34. The number of amides is 1. The van der Waals surface area contributed by atoms with Gasteiger partial charge in [-0.05, 0) is 6.42 Å². The number of hydrogen-bond donors (Lipinski definition) is 0. The molecule has 4 heteroatoms. The van der Waals surface area contributed by atoms with Crippen molar-refractivity contribution >= 4 is 5.91 Å². The van der Waals surface area contributed by atoms with Gasteiger partial charge >= 0.3 is 5.91 Å². The molecular formula is C21H40N2O2. The molecule has 0 aromatic heterocycles. The molecule has 0 saturated carbocycles. The van der Waals surface area contributed by atoms with Crippen LogP contribution in [0.5, 0.6) is 0 Å². The van der Waals surface area contributed by atoms with Gasteiger partial charge < -0.3 is 4.84 Å². The molecular weight excluding hydrogens is 312 g/mol. The maximum atomic E-state index is 11.4. The van der Waals surface area contributed by atoms with Crippen LogP contribution in [0.2, 0.25) is 0 Å². The Morgan fingerprint density at radius 1 is 0.800 bits per heavy atom. The summed E-state index contributed by atoms with van der Waals surface area (Å²) < 4.78 is 0. The molecule has 1 rings (SSSR count). The van der Waals surface area contributed by atoms with Crippen molar-refractivity contribution in [2.24, 2.45) is 16.3 Å². The molecule has 0 fully saturated rings. The van der Waals surface area contributed by atoms with Crippen LogP contribution in [0.1, 0.15) is 117 Å². The molecule has 1 aliphatic heterocycles. The summed E-state index contributed by atoms with van der Waals surface area (Å²) >= 11 is 0. The summed E-state index contributed by atoms with van der Waals surface area (Å²) in [5.41, 5.74) is 0. The van der Waals surface area contributed by atoms with Gasteiger partial charge in [0.25, 0.3) is 0 Å². The molecule has 1 amide bonds. The van der Waals surface area contributed by atoms with E-state index in [0.717, 1.165) is 6.42 Å². The minimum atomic E-state index is -0.424. The van der Waals surface area contributed by atoms with Gasteiger partial charge in [-0.2, -0.15) is 0 Å². The van der Waals surface area contributed by atoms with Crippen molar-refractivity contribution in [1.82, 2.24) is 0 Å². The van der Waals surface area contributed by atoms with E-state index < -0.39 is 6.10 Å². The number of hydrogen-bond acceptors (Lipinski definition) is 3. The van der Waals surface area contributed by atoms with Crippen LogP contribution in [0, 0.1) is 5.92 Å². The van der Waals surface area contributed by atoms with Crippen molar-refractivity contribution in [3.63, 3.8) is 0 Å². The first kappa shape index (κ1) is 22.1. The largest absolute Gasteiger partial charge is 0.365 e. The molecule has 146 valence electrons. The van der Waals surface area contributed by atoms with Crippen molar-refractivity contribution in [2.45, 2.75) is 123 Å². The van der Waals surface area contributed by atoms with E-state index in [0.29, 0.717) is 0 Å². The van der Waals surface area contributed by atoms with Crippen LogP contribution in [-0.2, 0) is 9.63 Å². The fourth-order valence-electron chi connectivity index (χ4n) is 3.55. The van der Waals surface area contributed by atoms with E-state index in [4.69, 9.17) is 4.84 Å². The molecule has 4 nitrogen and oxygen atoms in total. The lowest BCUT2D eigenvalue weighted by Gasteiger charge is -2.14. The molecule has 1 aliphatic rings. The van der Waals surface area contributed by atoms with Crippen molar-refractivity contribution in [1.29, 1.82) is 0 Å². The van der Waals surface area contributed by atoms with Gasteiger partial charge in [-0.25, -0.2) is 0 Å². The molecule has 0 aromatic carbocycles. The van der Waals surface area contributed by atoms with E-state index in [1.165, 1.54) is 96.3 Å². The van der Waals surface area contributed by atoms with Crippen molar-refractivity contribution in [3.8, 4) is 0 Å². The SMILES string of the molecule is CCCCCCCCCCCCCCCCCC(C)C1ON=NC1=O. The fourth-order valence-corrected chi connectivity index (χ4v) is 3.55. The van der Waals surface area contributed by atoms with Crippen molar-refractivity contribution < 1.29 is 9.63 Å². The van der Waals surface area contributed by atoms with Gasteiger partial charge in [-0.3, -0.25) is 4.79 Å². The predicted molar refractivity (Wildman–Crippen MR) is 103 cm³/mol. The third-order valence-corrected chi connectivity index (χ3v) is 5.32. The molecule has 0 aromatic rings. The van der Waals surface area contributed by atoms with Crippen LogP contribution in [0.3, 0.4) is 0 Å². The maximum Gasteiger partial charge on any atom is 0.311 e. The second-order valence-electron chi connectivity index (χ2n) is 7.76. The number of carbonyl (C=O) groups excluding carboxylic acids is 1. The van der Waals surface area contributed by atoms with E-state index in [1.54, 1.807) is 0 Å². The van der Waals surface area contributed by atoms with Gasteiger partial charge in [-0.15, -0.1) is 0 Å². The Bertz CT molecular complexity index is 358. The number of nitrogens with zero attached hydrogens (tertiary/aromatic N) is 2. The molecule has 0 aliphatic carbocycles. The summed E-state index contributed by atoms with van der Waals surface area (Å²) in [5.74, 6) is 0.0120. The van der Waals surface area contributed by atoms with E-state index in [-0.39, 0.29) is 11.8 Å². The van der Waals surface area contributed by atoms with Gasteiger partial charge in [0.1, 0.15) is 0 Å².